The molecule has 0 radical (unpaired) electrons. The van der Waals surface area contributed by atoms with Crippen molar-refractivity contribution >= 4 is 42.5 Å². The Kier molecular flexibility index (Phi) is 3.99. The number of rotatable bonds is 3. The van der Waals surface area contributed by atoms with Crippen LogP contribution in [0.3, 0.4) is 0 Å². The first-order valence-electron chi connectivity index (χ1n) is 6.77. The van der Waals surface area contributed by atoms with Gasteiger partial charge in [0, 0.05) is 10.0 Å². The maximum Gasteiger partial charge on any atom is 0.261 e. The van der Waals surface area contributed by atoms with Crippen LogP contribution in [0.1, 0.15) is 5.56 Å². The largest absolute Gasteiger partial charge is 0.322 e. The lowest BCUT2D eigenvalue weighted by atomic mass is 10.1. The van der Waals surface area contributed by atoms with Crippen molar-refractivity contribution in [2.45, 2.75) is 11.8 Å². The third kappa shape index (κ3) is 3.30. The van der Waals surface area contributed by atoms with Gasteiger partial charge in [-0.05, 0) is 54.8 Å². The topological polar surface area (TPSA) is 79.0 Å². The molecule has 0 amide bonds. The second-order valence-electron chi connectivity index (χ2n) is 5.14. The van der Waals surface area contributed by atoms with Crippen LogP contribution < -0.4 is 10.3 Å². The molecular formula is C16H13BrN2O3S. The van der Waals surface area contributed by atoms with Crippen LogP contribution in [0, 0.1) is 6.92 Å². The summed E-state index contributed by atoms with van der Waals surface area (Å²) in [5.74, 6) is 0. The molecule has 118 valence electrons. The quantitative estimate of drug-likeness (QED) is 0.716. The zero-order valence-electron chi connectivity index (χ0n) is 12.1. The normalized spacial score (nSPS) is 11.6. The van der Waals surface area contributed by atoms with Gasteiger partial charge in [0.1, 0.15) is 0 Å². The highest BCUT2D eigenvalue weighted by atomic mass is 79.9. The summed E-state index contributed by atoms with van der Waals surface area (Å²) in [6, 6.07) is 13.1. The summed E-state index contributed by atoms with van der Waals surface area (Å²) in [5, 5.41) is 0.841. The molecule has 7 heteroatoms. The molecule has 0 bridgehead atoms. The molecule has 0 unspecified atom stereocenters. The molecule has 23 heavy (non-hydrogen) atoms. The SMILES string of the molecule is Cc1cc2ccc(NS(=O)(=O)c3ccc(Br)cc3)cc2[nH]c1=O. The van der Waals surface area contributed by atoms with Gasteiger partial charge in [-0.1, -0.05) is 22.0 Å². The van der Waals surface area contributed by atoms with Crippen LogP contribution in [0.25, 0.3) is 10.9 Å². The molecule has 1 aromatic heterocycles. The summed E-state index contributed by atoms with van der Waals surface area (Å²) in [4.78, 5) is 14.6. The molecule has 0 aliphatic heterocycles. The number of aromatic nitrogens is 1. The van der Waals surface area contributed by atoms with E-state index in [1.54, 1.807) is 43.3 Å². The summed E-state index contributed by atoms with van der Waals surface area (Å²) in [7, 11) is -3.68. The van der Waals surface area contributed by atoms with Gasteiger partial charge in [-0.25, -0.2) is 8.42 Å². The Bertz CT molecular complexity index is 1040. The number of hydrogen-bond donors (Lipinski definition) is 2. The molecular weight excluding hydrogens is 380 g/mol. The van der Waals surface area contributed by atoms with Crippen molar-refractivity contribution in [3.8, 4) is 0 Å². The number of sulfonamides is 1. The van der Waals surface area contributed by atoms with E-state index in [4.69, 9.17) is 0 Å². The number of pyridine rings is 1. The molecule has 0 aliphatic carbocycles. The number of anilines is 1. The molecule has 0 spiro atoms. The zero-order valence-corrected chi connectivity index (χ0v) is 14.5. The fraction of sp³-hybridized carbons (Fsp3) is 0.0625. The Morgan fingerprint density at radius 2 is 1.74 bits per heavy atom. The van der Waals surface area contributed by atoms with Crippen molar-refractivity contribution in [3.05, 3.63) is 68.9 Å². The van der Waals surface area contributed by atoms with Crippen LogP contribution in [-0.2, 0) is 10.0 Å². The average molecular weight is 393 g/mol. The highest BCUT2D eigenvalue weighted by Crippen LogP contribution is 2.21. The van der Waals surface area contributed by atoms with Crippen LogP contribution in [0.4, 0.5) is 5.69 Å². The van der Waals surface area contributed by atoms with Crippen LogP contribution >= 0.6 is 15.9 Å². The fourth-order valence-corrected chi connectivity index (χ4v) is 3.52. The van der Waals surface area contributed by atoms with E-state index in [0.29, 0.717) is 16.8 Å². The van der Waals surface area contributed by atoms with Crippen LogP contribution in [-0.4, -0.2) is 13.4 Å². The van der Waals surface area contributed by atoms with Crippen LogP contribution in [0.5, 0.6) is 0 Å². The lowest BCUT2D eigenvalue weighted by Crippen LogP contribution is -2.13. The number of benzene rings is 2. The van der Waals surface area contributed by atoms with E-state index in [1.807, 2.05) is 0 Å². The molecule has 1 heterocycles. The van der Waals surface area contributed by atoms with Crippen molar-refractivity contribution in [2.75, 3.05) is 4.72 Å². The number of aromatic amines is 1. The molecule has 0 saturated heterocycles. The smallest absolute Gasteiger partial charge is 0.261 e. The van der Waals surface area contributed by atoms with Gasteiger partial charge in [0.2, 0.25) is 0 Å². The monoisotopic (exact) mass is 392 g/mol. The van der Waals surface area contributed by atoms with Crippen molar-refractivity contribution in [2.24, 2.45) is 0 Å². The van der Waals surface area contributed by atoms with Gasteiger partial charge in [-0.3, -0.25) is 9.52 Å². The minimum atomic E-state index is -3.68. The van der Waals surface area contributed by atoms with E-state index in [-0.39, 0.29) is 10.5 Å². The van der Waals surface area contributed by atoms with Gasteiger partial charge in [-0.2, -0.15) is 0 Å². The third-order valence-corrected chi connectivity index (χ3v) is 5.33. The zero-order chi connectivity index (χ0) is 16.6. The van der Waals surface area contributed by atoms with Crippen LogP contribution in [0.2, 0.25) is 0 Å². The Hall–Kier alpha value is -2.12. The highest BCUT2D eigenvalue weighted by molar-refractivity contribution is 9.10. The number of aryl methyl sites for hydroxylation is 1. The second-order valence-corrected chi connectivity index (χ2v) is 7.74. The van der Waals surface area contributed by atoms with E-state index >= 15 is 0 Å². The van der Waals surface area contributed by atoms with Gasteiger partial charge in [0.25, 0.3) is 15.6 Å². The number of nitrogens with one attached hydrogen (secondary N) is 2. The molecule has 2 aromatic carbocycles. The number of fused-ring (bicyclic) bond motifs is 1. The lowest BCUT2D eigenvalue weighted by Gasteiger charge is -2.09. The minimum Gasteiger partial charge on any atom is -0.322 e. The maximum absolute atomic E-state index is 12.4. The molecule has 0 aliphatic rings. The van der Waals surface area contributed by atoms with E-state index in [9.17, 15) is 13.2 Å². The van der Waals surface area contributed by atoms with E-state index in [0.717, 1.165) is 9.86 Å². The first-order chi connectivity index (χ1) is 10.8. The van der Waals surface area contributed by atoms with Crippen LogP contribution in [0.15, 0.2) is 62.7 Å². The van der Waals surface area contributed by atoms with Crippen molar-refractivity contribution in [1.29, 1.82) is 0 Å². The van der Waals surface area contributed by atoms with Crippen molar-refractivity contribution < 1.29 is 8.42 Å². The Morgan fingerprint density at radius 3 is 2.43 bits per heavy atom. The molecule has 3 aromatic rings. The maximum atomic E-state index is 12.4. The first kappa shape index (κ1) is 15.8. The summed E-state index contributed by atoms with van der Waals surface area (Å²) >= 11 is 3.27. The molecule has 3 rings (SSSR count). The van der Waals surface area contributed by atoms with E-state index < -0.39 is 10.0 Å². The Balaban J connectivity index is 1.99. The standard InChI is InChI=1S/C16H13BrN2O3S/c1-10-8-11-2-5-13(9-15(11)18-16(10)20)19-23(21,22)14-6-3-12(17)4-7-14/h2-9,19H,1H3,(H,18,20). The summed E-state index contributed by atoms with van der Waals surface area (Å²) in [5.41, 5.74) is 1.39. The first-order valence-corrected chi connectivity index (χ1v) is 9.05. The van der Waals surface area contributed by atoms with Gasteiger partial charge in [0.05, 0.1) is 16.1 Å². The molecule has 0 saturated carbocycles. The minimum absolute atomic E-state index is 0.165. The average Bonchev–Trinajstić information content (AvgIpc) is 2.49. The Morgan fingerprint density at radius 1 is 1.04 bits per heavy atom. The Labute approximate surface area is 141 Å². The molecule has 5 nitrogen and oxygen atoms in total. The predicted molar refractivity (Wildman–Crippen MR) is 94.3 cm³/mol. The van der Waals surface area contributed by atoms with Crippen molar-refractivity contribution in [3.63, 3.8) is 0 Å². The van der Waals surface area contributed by atoms with Gasteiger partial charge in [-0.15, -0.1) is 0 Å². The van der Waals surface area contributed by atoms with E-state index in [2.05, 4.69) is 25.6 Å². The summed E-state index contributed by atoms with van der Waals surface area (Å²) in [6.07, 6.45) is 0. The number of hydrogen-bond acceptors (Lipinski definition) is 3. The fourth-order valence-electron chi connectivity index (χ4n) is 2.20. The van der Waals surface area contributed by atoms with Gasteiger partial charge >= 0.3 is 0 Å². The molecule has 0 atom stereocenters. The predicted octanol–water partition coefficient (Wildman–Crippen LogP) is 3.40. The summed E-state index contributed by atoms with van der Waals surface area (Å²) < 4.78 is 28.1. The van der Waals surface area contributed by atoms with Gasteiger partial charge in [0.15, 0.2) is 0 Å². The summed E-state index contributed by atoms with van der Waals surface area (Å²) in [6.45, 7) is 1.72. The highest BCUT2D eigenvalue weighted by Gasteiger charge is 2.14. The van der Waals surface area contributed by atoms with E-state index in [1.165, 1.54) is 12.1 Å². The molecule has 0 fully saturated rings. The number of H-pyrrole nitrogens is 1. The van der Waals surface area contributed by atoms with Crippen molar-refractivity contribution in [1.82, 2.24) is 4.98 Å². The van der Waals surface area contributed by atoms with Gasteiger partial charge < -0.3 is 4.98 Å². The molecule has 2 N–H and O–H groups in total. The third-order valence-electron chi connectivity index (χ3n) is 3.41. The lowest BCUT2D eigenvalue weighted by molar-refractivity contribution is 0.601. The second kappa shape index (κ2) is 5.82. The number of halogens is 1.